The van der Waals surface area contributed by atoms with E-state index in [1.165, 1.54) is 12.8 Å². The first-order valence-corrected chi connectivity index (χ1v) is 4.76. The molecule has 2 heteroatoms. The molecule has 70 valence electrons. The van der Waals surface area contributed by atoms with E-state index in [1.54, 1.807) is 7.11 Å². The molecular weight excluding hydrogens is 162 g/mol. The normalized spacial score (nSPS) is 15.5. The summed E-state index contributed by atoms with van der Waals surface area (Å²) >= 11 is 0. The Bertz CT molecular complexity index is 281. The van der Waals surface area contributed by atoms with E-state index in [9.17, 15) is 0 Å². The van der Waals surface area contributed by atoms with Crippen molar-refractivity contribution in [3.63, 3.8) is 0 Å². The quantitative estimate of drug-likeness (QED) is 0.763. The van der Waals surface area contributed by atoms with Gasteiger partial charge in [0.25, 0.3) is 0 Å². The highest BCUT2D eigenvalue weighted by atomic mass is 16.5. The molecule has 0 unspecified atom stereocenters. The molecule has 0 spiro atoms. The van der Waals surface area contributed by atoms with E-state index < -0.39 is 0 Å². The molecule has 13 heavy (non-hydrogen) atoms. The van der Waals surface area contributed by atoms with E-state index in [4.69, 9.17) is 4.74 Å². The van der Waals surface area contributed by atoms with E-state index in [0.29, 0.717) is 0 Å². The van der Waals surface area contributed by atoms with E-state index >= 15 is 0 Å². The minimum Gasteiger partial charge on any atom is -0.497 e. The highest BCUT2D eigenvalue weighted by Crippen LogP contribution is 2.29. The molecular formula is C11H15NO. The molecule has 0 aliphatic heterocycles. The van der Waals surface area contributed by atoms with Gasteiger partial charge < -0.3 is 10.1 Å². The van der Waals surface area contributed by atoms with Gasteiger partial charge in [-0.15, -0.1) is 0 Å². The molecule has 0 bridgehead atoms. The third-order valence-electron chi connectivity index (χ3n) is 2.36. The lowest BCUT2D eigenvalue weighted by Crippen LogP contribution is -2.02. The molecule has 0 radical (unpaired) electrons. The fourth-order valence-electron chi connectivity index (χ4n) is 1.32. The molecule has 0 heterocycles. The smallest absolute Gasteiger partial charge is 0.120 e. The van der Waals surface area contributed by atoms with Crippen LogP contribution in [0.25, 0.3) is 0 Å². The molecule has 2 nitrogen and oxygen atoms in total. The predicted octanol–water partition coefficient (Wildman–Crippen LogP) is 2.52. The summed E-state index contributed by atoms with van der Waals surface area (Å²) in [5.74, 6) is 1.83. The predicted molar refractivity (Wildman–Crippen MR) is 54.2 cm³/mol. The van der Waals surface area contributed by atoms with Crippen LogP contribution in [0.3, 0.4) is 0 Å². The summed E-state index contributed by atoms with van der Waals surface area (Å²) in [5.41, 5.74) is 1.16. The minimum atomic E-state index is 0.909. The van der Waals surface area contributed by atoms with Crippen molar-refractivity contribution in [2.75, 3.05) is 19.0 Å². The van der Waals surface area contributed by atoms with Crippen molar-refractivity contribution >= 4 is 5.69 Å². The summed E-state index contributed by atoms with van der Waals surface area (Å²) in [4.78, 5) is 0. The van der Waals surface area contributed by atoms with Crippen molar-refractivity contribution in [3.8, 4) is 5.75 Å². The van der Waals surface area contributed by atoms with Crippen LogP contribution in [0.15, 0.2) is 24.3 Å². The van der Waals surface area contributed by atoms with Gasteiger partial charge in [-0.3, -0.25) is 0 Å². The summed E-state index contributed by atoms with van der Waals surface area (Å²) in [6, 6.07) is 8.07. The Balaban J connectivity index is 1.93. The first-order valence-electron chi connectivity index (χ1n) is 4.76. The Morgan fingerprint density at radius 3 is 3.00 bits per heavy atom. The van der Waals surface area contributed by atoms with Crippen molar-refractivity contribution in [3.05, 3.63) is 24.3 Å². The maximum atomic E-state index is 5.14. The van der Waals surface area contributed by atoms with E-state index in [1.807, 2.05) is 18.2 Å². The molecule has 1 aliphatic carbocycles. The number of rotatable bonds is 4. The summed E-state index contributed by atoms with van der Waals surface area (Å²) in [7, 11) is 1.69. The Morgan fingerprint density at radius 2 is 2.31 bits per heavy atom. The van der Waals surface area contributed by atoms with Crippen molar-refractivity contribution in [1.82, 2.24) is 0 Å². The molecule has 1 N–H and O–H groups in total. The van der Waals surface area contributed by atoms with Crippen molar-refractivity contribution in [2.24, 2.45) is 5.92 Å². The number of anilines is 1. The van der Waals surface area contributed by atoms with Crippen LogP contribution in [0, 0.1) is 5.92 Å². The largest absolute Gasteiger partial charge is 0.497 e. The standard InChI is InChI=1S/C11H15NO/c1-13-11-4-2-3-10(7-11)12-8-9-5-6-9/h2-4,7,9,12H,5-6,8H2,1H3. The number of benzene rings is 1. The summed E-state index contributed by atoms with van der Waals surface area (Å²) in [5, 5.41) is 3.40. The van der Waals surface area contributed by atoms with E-state index in [2.05, 4.69) is 11.4 Å². The Hall–Kier alpha value is -1.18. The SMILES string of the molecule is COc1cccc(NCC2CC2)c1. The second kappa shape index (κ2) is 3.69. The molecule has 0 atom stereocenters. The van der Waals surface area contributed by atoms with Gasteiger partial charge in [-0.05, 0) is 30.9 Å². The lowest BCUT2D eigenvalue weighted by molar-refractivity contribution is 0.415. The molecule has 0 aromatic heterocycles. The fraction of sp³-hybridized carbons (Fsp3) is 0.455. The van der Waals surface area contributed by atoms with Crippen LogP contribution in [-0.4, -0.2) is 13.7 Å². The summed E-state index contributed by atoms with van der Waals surface area (Å²) in [6.07, 6.45) is 2.77. The van der Waals surface area contributed by atoms with Crippen LogP contribution < -0.4 is 10.1 Å². The first kappa shape index (κ1) is 8.42. The zero-order valence-corrected chi connectivity index (χ0v) is 7.92. The number of hydrogen-bond donors (Lipinski definition) is 1. The average Bonchev–Trinajstić information content (AvgIpc) is 2.99. The molecule has 1 fully saturated rings. The number of hydrogen-bond acceptors (Lipinski definition) is 2. The highest BCUT2D eigenvalue weighted by Gasteiger charge is 2.20. The van der Waals surface area contributed by atoms with Crippen molar-refractivity contribution in [2.45, 2.75) is 12.8 Å². The second-order valence-corrected chi connectivity index (χ2v) is 3.56. The first-order chi connectivity index (χ1) is 6.38. The van der Waals surface area contributed by atoms with Crippen LogP contribution in [0.5, 0.6) is 5.75 Å². The molecule has 1 aromatic rings. The molecule has 2 rings (SSSR count). The topological polar surface area (TPSA) is 21.3 Å². The van der Waals surface area contributed by atoms with Crippen LogP contribution in [0.2, 0.25) is 0 Å². The molecule has 1 aliphatic rings. The lowest BCUT2D eigenvalue weighted by atomic mass is 10.3. The minimum absolute atomic E-state index is 0.909. The molecule has 0 saturated heterocycles. The van der Waals surface area contributed by atoms with Gasteiger partial charge >= 0.3 is 0 Å². The fourth-order valence-corrected chi connectivity index (χ4v) is 1.32. The molecule has 1 aromatic carbocycles. The van der Waals surface area contributed by atoms with Gasteiger partial charge in [-0.2, -0.15) is 0 Å². The van der Waals surface area contributed by atoms with Gasteiger partial charge in [0.15, 0.2) is 0 Å². The Morgan fingerprint density at radius 1 is 1.46 bits per heavy atom. The van der Waals surface area contributed by atoms with Crippen LogP contribution in [0.1, 0.15) is 12.8 Å². The van der Waals surface area contributed by atoms with Gasteiger partial charge in [-0.25, -0.2) is 0 Å². The monoisotopic (exact) mass is 177 g/mol. The third kappa shape index (κ3) is 2.38. The highest BCUT2D eigenvalue weighted by molar-refractivity contribution is 5.48. The van der Waals surface area contributed by atoms with Crippen LogP contribution in [-0.2, 0) is 0 Å². The summed E-state index contributed by atoms with van der Waals surface area (Å²) in [6.45, 7) is 1.10. The van der Waals surface area contributed by atoms with Gasteiger partial charge in [0.1, 0.15) is 5.75 Å². The average molecular weight is 177 g/mol. The Kier molecular flexibility index (Phi) is 2.39. The van der Waals surface area contributed by atoms with Gasteiger partial charge in [0, 0.05) is 18.3 Å². The zero-order chi connectivity index (χ0) is 9.10. The van der Waals surface area contributed by atoms with Gasteiger partial charge in [0.2, 0.25) is 0 Å². The summed E-state index contributed by atoms with van der Waals surface area (Å²) < 4.78 is 5.14. The number of methoxy groups -OCH3 is 1. The third-order valence-corrected chi connectivity index (χ3v) is 2.36. The molecule has 0 amide bonds. The second-order valence-electron chi connectivity index (χ2n) is 3.56. The maximum Gasteiger partial charge on any atom is 0.120 e. The number of nitrogens with one attached hydrogen (secondary N) is 1. The number of ether oxygens (including phenoxy) is 1. The lowest BCUT2D eigenvalue weighted by Gasteiger charge is -2.06. The maximum absolute atomic E-state index is 5.14. The van der Waals surface area contributed by atoms with Gasteiger partial charge in [-0.1, -0.05) is 6.07 Å². The molecule has 1 saturated carbocycles. The van der Waals surface area contributed by atoms with E-state index in [0.717, 1.165) is 23.9 Å². The van der Waals surface area contributed by atoms with E-state index in [-0.39, 0.29) is 0 Å². The van der Waals surface area contributed by atoms with Crippen LogP contribution in [0.4, 0.5) is 5.69 Å². The van der Waals surface area contributed by atoms with Gasteiger partial charge in [0.05, 0.1) is 7.11 Å². The van der Waals surface area contributed by atoms with Crippen LogP contribution >= 0.6 is 0 Å². The van der Waals surface area contributed by atoms with Crippen molar-refractivity contribution < 1.29 is 4.74 Å². The van der Waals surface area contributed by atoms with Crippen molar-refractivity contribution in [1.29, 1.82) is 0 Å². The zero-order valence-electron chi connectivity index (χ0n) is 7.92. The Labute approximate surface area is 78.9 Å².